The number of aromatic amines is 2. The number of hydrogen-bond acceptors (Lipinski definition) is 2. The van der Waals surface area contributed by atoms with E-state index in [0.717, 1.165) is 31.4 Å². The van der Waals surface area contributed by atoms with Gasteiger partial charge in [0.15, 0.2) is 0 Å². The van der Waals surface area contributed by atoms with Crippen molar-refractivity contribution >= 4 is 38.8 Å². The maximum absolute atomic E-state index is 6.92. The van der Waals surface area contributed by atoms with Crippen LogP contribution in [0.4, 0.5) is 0 Å². The average Bonchev–Trinajstić information content (AvgIpc) is 3.54. The van der Waals surface area contributed by atoms with Crippen LogP contribution in [0.25, 0.3) is 38.8 Å². The van der Waals surface area contributed by atoms with Gasteiger partial charge in [-0.3, -0.25) is 0 Å². The summed E-state index contributed by atoms with van der Waals surface area (Å²) in [5.74, 6) is 2.47. The first-order valence-corrected chi connectivity index (χ1v) is 16.9. The Kier molecular flexibility index (Phi) is 5.61. The fraction of sp³-hybridized carbons (Fsp3) is 0.415. The minimum absolute atomic E-state index is 0.0265. The highest BCUT2D eigenvalue weighted by Gasteiger charge is 2.49. The predicted octanol–water partition coefficient (Wildman–Crippen LogP) is 10.6. The molecule has 4 heteroatoms. The number of ether oxygens (including phenoxy) is 2. The SMILES string of the molecule is C=C(C)[C@H]1CC[C@]2(C)C[C@H]1c1c(c(C)cc3c1[nH]c1c([C@@H]4CC(C)(C)OC5C(C)=Cc6c([nH]c7ccccc67)C54)cccc13)O2. The van der Waals surface area contributed by atoms with Crippen LogP contribution in [-0.4, -0.2) is 27.3 Å². The Balaban J connectivity index is 1.28. The standard InChI is InChI=1S/C41H44N2O2/c1-21(2)24-15-16-41(7)20-31(24)34-37-29(18-23(4)39(34)45-41)26-12-10-13-27(35(26)43-37)30-19-40(5,6)44-38-22(3)17-28-25-11-8-9-14-32(25)42-36(28)33(30)38/h8-14,17-18,24,30-31,33,38,42-43H,1,15-16,19-20H2,2-7H3/t24-,30+,31-,33?,38?,41-/m1/s1. The number of aryl methyl sites for hydroxylation is 1. The third-order valence-corrected chi connectivity index (χ3v) is 11.9. The Bertz CT molecular complexity index is 2110. The van der Waals surface area contributed by atoms with E-state index in [9.17, 15) is 0 Å². The second-order valence-electron chi connectivity index (χ2n) is 15.6. The molecule has 4 aliphatic rings. The lowest BCUT2D eigenvalue weighted by Gasteiger charge is -2.48. The normalized spacial score (nSPS) is 30.0. The molecule has 0 amide bonds. The van der Waals surface area contributed by atoms with E-state index in [1.54, 1.807) is 0 Å². The number of para-hydroxylation sites is 2. The molecule has 2 aliphatic carbocycles. The molecule has 2 aromatic heterocycles. The molecule has 3 aromatic carbocycles. The van der Waals surface area contributed by atoms with E-state index in [2.05, 4.69) is 113 Å². The molecule has 5 aromatic rings. The zero-order valence-corrected chi connectivity index (χ0v) is 27.4. The lowest BCUT2D eigenvalue weighted by Crippen LogP contribution is -2.45. The monoisotopic (exact) mass is 596 g/mol. The van der Waals surface area contributed by atoms with Crippen molar-refractivity contribution in [2.45, 2.75) is 102 Å². The molecule has 1 saturated heterocycles. The zero-order chi connectivity index (χ0) is 31.0. The Morgan fingerprint density at radius 3 is 2.53 bits per heavy atom. The van der Waals surface area contributed by atoms with Crippen molar-refractivity contribution in [3.05, 3.63) is 94.2 Å². The summed E-state index contributed by atoms with van der Waals surface area (Å²) >= 11 is 0. The number of aromatic nitrogens is 2. The van der Waals surface area contributed by atoms with Crippen molar-refractivity contribution in [2.24, 2.45) is 5.92 Å². The highest BCUT2D eigenvalue weighted by molar-refractivity contribution is 6.10. The van der Waals surface area contributed by atoms with Gasteiger partial charge in [0.05, 0.1) is 22.7 Å². The van der Waals surface area contributed by atoms with E-state index in [1.165, 1.54) is 71.8 Å². The number of nitrogens with one attached hydrogen (secondary N) is 2. The summed E-state index contributed by atoms with van der Waals surface area (Å²) in [6, 6.07) is 18.1. The van der Waals surface area contributed by atoms with Crippen LogP contribution >= 0.6 is 0 Å². The summed E-state index contributed by atoms with van der Waals surface area (Å²) in [7, 11) is 0. The first-order valence-electron chi connectivity index (χ1n) is 16.9. The molecule has 2 fully saturated rings. The lowest BCUT2D eigenvalue weighted by molar-refractivity contribution is -0.110. The van der Waals surface area contributed by atoms with Gasteiger partial charge in [0.1, 0.15) is 11.4 Å². The summed E-state index contributed by atoms with van der Waals surface area (Å²) in [5.41, 5.74) is 12.6. The van der Waals surface area contributed by atoms with Crippen LogP contribution in [0.2, 0.25) is 0 Å². The second-order valence-corrected chi connectivity index (χ2v) is 15.6. The summed E-state index contributed by atoms with van der Waals surface area (Å²) in [6.45, 7) is 18.0. The Hall–Kier alpha value is -3.76. The van der Waals surface area contributed by atoms with Crippen molar-refractivity contribution in [1.82, 2.24) is 9.97 Å². The number of fused-ring (bicyclic) bond motifs is 13. The van der Waals surface area contributed by atoms with Gasteiger partial charge in [-0.15, -0.1) is 0 Å². The van der Waals surface area contributed by atoms with E-state index >= 15 is 0 Å². The maximum atomic E-state index is 6.92. The molecule has 45 heavy (non-hydrogen) atoms. The third-order valence-electron chi connectivity index (χ3n) is 11.9. The van der Waals surface area contributed by atoms with E-state index in [0.29, 0.717) is 11.8 Å². The summed E-state index contributed by atoms with van der Waals surface area (Å²) in [5, 5.41) is 3.92. The van der Waals surface area contributed by atoms with Gasteiger partial charge < -0.3 is 19.4 Å². The van der Waals surface area contributed by atoms with E-state index < -0.39 is 0 Å². The van der Waals surface area contributed by atoms with Crippen molar-refractivity contribution in [1.29, 1.82) is 0 Å². The molecule has 6 atom stereocenters. The van der Waals surface area contributed by atoms with Crippen LogP contribution < -0.4 is 4.74 Å². The molecule has 230 valence electrons. The van der Waals surface area contributed by atoms with Crippen LogP contribution in [0.5, 0.6) is 5.75 Å². The molecule has 2 N–H and O–H groups in total. The molecule has 9 rings (SSSR count). The van der Waals surface area contributed by atoms with Gasteiger partial charge in [-0.1, -0.05) is 54.6 Å². The quantitative estimate of drug-likeness (QED) is 0.199. The molecule has 1 saturated carbocycles. The number of benzene rings is 3. The minimum atomic E-state index is -0.247. The highest BCUT2D eigenvalue weighted by atomic mass is 16.5. The molecule has 0 radical (unpaired) electrons. The molecule has 2 aliphatic heterocycles. The Labute approximate surface area is 265 Å². The molecular weight excluding hydrogens is 552 g/mol. The van der Waals surface area contributed by atoms with Crippen LogP contribution in [-0.2, 0) is 4.74 Å². The van der Waals surface area contributed by atoms with Gasteiger partial charge in [-0.05, 0) is 114 Å². The average molecular weight is 597 g/mol. The van der Waals surface area contributed by atoms with Crippen LogP contribution in [0.15, 0.2) is 66.3 Å². The van der Waals surface area contributed by atoms with Crippen molar-refractivity contribution in [3.8, 4) is 5.75 Å². The first kappa shape index (κ1) is 27.5. The van der Waals surface area contributed by atoms with E-state index in [1.807, 2.05) is 0 Å². The molecular formula is C41H44N2O2. The zero-order valence-electron chi connectivity index (χ0n) is 27.4. The fourth-order valence-electron chi connectivity index (χ4n) is 9.91. The molecule has 2 bridgehead atoms. The van der Waals surface area contributed by atoms with Crippen molar-refractivity contribution in [2.75, 3.05) is 0 Å². The number of rotatable bonds is 2. The predicted molar refractivity (Wildman–Crippen MR) is 185 cm³/mol. The van der Waals surface area contributed by atoms with Gasteiger partial charge in [-0.25, -0.2) is 0 Å². The van der Waals surface area contributed by atoms with Crippen LogP contribution in [0, 0.1) is 12.8 Å². The van der Waals surface area contributed by atoms with E-state index in [4.69, 9.17) is 9.47 Å². The van der Waals surface area contributed by atoms with Gasteiger partial charge in [-0.2, -0.15) is 0 Å². The van der Waals surface area contributed by atoms with Gasteiger partial charge in [0, 0.05) is 44.4 Å². The number of hydrogen-bond donors (Lipinski definition) is 2. The summed E-state index contributed by atoms with van der Waals surface area (Å²) < 4.78 is 13.8. The molecule has 4 heterocycles. The maximum Gasteiger partial charge on any atom is 0.128 e. The van der Waals surface area contributed by atoms with Gasteiger partial charge in [0.25, 0.3) is 0 Å². The van der Waals surface area contributed by atoms with Crippen molar-refractivity contribution in [3.63, 3.8) is 0 Å². The third kappa shape index (κ3) is 3.87. The fourth-order valence-corrected chi connectivity index (χ4v) is 9.91. The van der Waals surface area contributed by atoms with Crippen molar-refractivity contribution < 1.29 is 9.47 Å². The second kappa shape index (κ2) is 9.16. The van der Waals surface area contributed by atoms with Gasteiger partial charge in [0.2, 0.25) is 0 Å². The molecule has 0 spiro atoms. The number of allylic oxidation sites excluding steroid dienone is 1. The number of H-pyrrole nitrogens is 2. The van der Waals surface area contributed by atoms with E-state index in [-0.39, 0.29) is 29.1 Å². The van der Waals surface area contributed by atoms with Crippen LogP contribution in [0.1, 0.15) is 106 Å². The highest BCUT2D eigenvalue weighted by Crippen LogP contribution is 2.58. The Morgan fingerprint density at radius 1 is 0.911 bits per heavy atom. The minimum Gasteiger partial charge on any atom is -0.487 e. The summed E-state index contributed by atoms with van der Waals surface area (Å²) in [4.78, 5) is 7.95. The lowest BCUT2D eigenvalue weighted by atomic mass is 9.65. The summed E-state index contributed by atoms with van der Waals surface area (Å²) in [6.07, 6.45) is 6.60. The molecule has 4 nitrogen and oxygen atoms in total. The van der Waals surface area contributed by atoms with Crippen LogP contribution in [0.3, 0.4) is 0 Å². The first-order chi connectivity index (χ1) is 21.5. The topological polar surface area (TPSA) is 50.0 Å². The Morgan fingerprint density at radius 2 is 1.71 bits per heavy atom. The van der Waals surface area contributed by atoms with Gasteiger partial charge >= 0.3 is 0 Å². The molecule has 2 unspecified atom stereocenters. The largest absolute Gasteiger partial charge is 0.487 e. The smallest absolute Gasteiger partial charge is 0.128 e.